The molecule has 0 aromatic heterocycles. The van der Waals surface area contributed by atoms with Crippen LogP contribution in [0.15, 0.2) is 42.5 Å². The normalized spacial score (nSPS) is 28.7. The number of benzene rings is 2. The molecule has 0 amide bonds. The molecule has 2 aromatic rings. The first-order chi connectivity index (χ1) is 9.08. The molecule has 2 nitrogen and oxygen atoms in total. The number of rotatable bonds is 1. The summed E-state index contributed by atoms with van der Waals surface area (Å²) in [4.78, 5) is 2.31. The summed E-state index contributed by atoms with van der Waals surface area (Å²) in [6.45, 7) is 3.13. The Morgan fingerprint density at radius 3 is 2.63 bits per heavy atom. The van der Waals surface area contributed by atoms with E-state index in [1.165, 1.54) is 10.8 Å². The maximum Gasteiger partial charge on any atom is 0.0923 e. The van der Waals surface area contributed by atoms with Gasteiger partial charge in [-0.1, -0.05) is 36.4 Å². The van der Waals surface area contributed by atoms with Crippen LogP contribution in [0.1, 0.15) is 25.3 Å². The van der Waals surface area contributed by atoms with Crippen molar-refractivity contribution in [1.82, 2.24) is 4.90 Å². The van der Waals surface area contributed by atoms with Crippen molar-refractivity contribution in [2.24, 2.45) is 0 Å². The number of hydrogen-bond acceptors (Lipinski definition) is 2. The minimum Gasteiger partial charge on any atom is -0.385 e. The Morgan fingerprint density at radius 1 is 1.16 bits per heavy atom. The minimum atomic E-state index is -0.671. The van der Waals surface area contributed by atoms with Crippen LogP contribution in [0.3, 0.4) is 0 Å². The molecule has 0 radical (unpaired) electrons. The first-order valence-electron chi connectivity index (χ1n) is 7.00. The third-order valence-corrected chi connectivity index (χ3v) is 4.55. The fourth-order valence-electron chi connectivity index (χ4n) is 3.07. The van der Waals surface area contributed by atoms with E-state index < -0.39 is 5.60 Å². The van der Waals surface area contributed by atoms with Crippen molar-refractivity contribution in [1.29, 1.82) is 0 Å². The van der Waals surface area contributed by atoms with Crippen molar-refractivity contribution >= 4 is 10.8 Å². The molecule has 0 aliphatic carbocycles. The molecule has 0 bridgehead atoms. The van der Waals surface area contributed by atoms with Gasteiger partial charge in [0.1, 0.15) is 0 Å². The molecule has 100 valence electrons. The van der Waals surface area contributed by atoms with E-state index in [4.69, 9.17) is 0 Å². The number of nitrogens with zero attached hydrogens (tertiary/aromatic N) is 1. The molecule has 2 unspecified atom stereocenters. The van der Waals surface area contributed by atoms with Crippen LogP contribution in [0.2, 0.25) is 0 Å². The molecule has 0 spiro atoms. The second kappa shape index (κ2) is 4.62. The smallest absolute Gasteiger partial charge is 0.0923 e. The van der Waals surface area contributed by atoms with E-state index in [2.05, 4.69) is 49.2 Å². The Bertz CT molecular complexity index is 595. The highest BCUT2D eigenvalue weighted by Gasteiger charge is 2.36. The fraction of sp³-hybridized carbons (Fsp3) is 0.412. The predicted octanol–water partition coefficient (Wildman–Crippen LogP) is 3.14. The zero-order chi connectivity index (χ0) is 13.5. The largest absolute Gasteiger partial charge is 0.385 e. The van der Waals surface area contributed by atoms with Crippen molar-refractivity contribution in [3.8, 4) is 0 Å². The summed E-state index contributed by atoms with van der Waals surface area (Å²) in [5, 5.41) is 13.4. The Hall–Kier alpha value is -1.38. The highest BCUT2D eigenvalue weighted by Crippen LogP contribution is 2.36. The van der Waals surface area contributed by atoms with Gasteiger partial charge in [0.2, 0.25) is 0 Å². The quantitative estimate of drug-likeness (QED) is 0.846. The van der Waals surface area contributed by atoms with Crippen molar-refractivity contribution in [3.05, 3.63) is 48.0 Å². The summed E-state index contributed by atoms with van der Waals surface area (Å²) >= 11 is 0. The molecule has 1 heterocycles. The summed E-state index contributed by atoms with van der Waals surface area (Å²) in [7, 11) is 2.13. The van der Waals surface area contributed by atoms with E-state index in [0.717, 1.165) is 24.9 Å². The Labute approximate surface area is 114 Å². The summed E-state index contributed by atoms with van der Waals surface area (Å²) in [6, 6.07) is 15.1. The highest BCUT2D eigenvalue weighted by atomic mass is 16.3. The van der Waals surface area contributed by atoms with Gasteiger partial charge in [0.15, 0.2) is 0 Å². The van der Waals surface area contributed by atoms with E-state index in [-0.39, 0.29) is 0 Å². The topological polar surface area (TPSA) is 23.5 Å². The average Bonchev–Trinajstić information content (AvgIpc) is 2.43. The van der Waals surface area contributed by atoms with Crippen molar-refractivity contribution in [2.75, 3.05) is 13.6 Å². The van der Waals surface area contributed by atoms with E-state index in [9.17, 15) is 5.11 Å². The lowest BCUT2D eigenvalue weighted by Gasteiger charge is -2.41. The van der Waals surface area contributed by atoms with E-state index in [1.807, 2.05) is 12.1 Å². The third-order valence-electron chi connectivity index (χ3n) is 4.55. The predicted molar refractivity (Wildman–Crippen MR) is 79.2 cm³/mol. The van der Waals surface area contributed by atoms with Crippen LogP contribution in [0, 0.1) is 0 Å². The molecule has 2 heteroatoms. The summed E-state index contributed by atoms with van der Waals surface area (Å²) in [6.07, 6.45) is 1.62. The van der Waals surface area contributed by atoms with Crippen LogP contribution in [0.4, 0.5) is 0 Å². The zero-order valence-electron chi connectivity index (χ0n) is 11.6. The maximum absolute atomic E-state index is 11.0. The van der Waals surface area contributed by atoms with Crippen molar-refractivity contribution < 1.29 is 5.11 Å². The van der Waals surface area contributed by atoms with E-state index >= 15 is 0 Å². The van der Waals surface area contributed by atoms with Gasteiger partial charge in [0.25, 0.3) is 0 Å². The maximum atomic E-state index is 11.0. The lowest BCUT2D eigenvalue weighted by molar-refractivity contribution is -0.0407. The second-order valence-corrected chi connectivity index (χ2v) is 5.88. The van der Waals surface area contributed by atoms with Gasteiger partial charge in [-0.25, -0.2) is 0 Å². The molecular formula is C17H21NO. The van der Waals surface area contributed by atoms with Gasteiger partial charge < -0.3 is 10.0 Å². The summed E-state index contributed by atoms with van der Waals surface area (Å²) < 4.78 is 0. The monoisotopic (exact) mass is 255 g/mol. The molecule has 2 aromatic carbocycles. The molecule has 3 rings (SSSR count). The summed E-state index contributed by atoms with van der Waals surface area (Å²) in [5.41, 5.74) is 0.391. The standard InChI is InChI=1S/C17H21NO/c1-13-12-17(19,9-10-18(13)2)16-8-7-14-5-3-4-6-15(14)11-16/h3-8,11,13,19H,9-10,12H2,1-2H3. The second-order valence-electron chi connectivity index (χ2n) is 5.88. The molecule has 1 saturated heterocycles. The SMILES string of the molecule is CC1CC(O)(c2ccc3ccccc3c2)CCN1C. The molecule has 2 atom stereocenters. The zero-order valence-corrected chi connectivity index (χ0v) is 11.6. The number of fused-ring (bicyclic) bond motifs is 1. The van der Waals surface area contributed by atoms with E-state index in [0.29, 0.717) is 6.04 Å². The lowest BCUT2D eigenvalue weighted by atomic mass is 9.81. The highest BCUT2D eigenvalue weighted by molar-refractivity contribution is 5.83. The molecule has 1 aliphatic rings. The number of likely N-dealkylation sites (tertiary alicyclic amines) is 1. The van der Waals surface area contributed by atoms with Crippen LogP contribution in [-0.4, -0.2) is 29.6 Å². The van der Waals surface area contributed by atoms with Crippen LogP contribution < -0.4 is 0 Å². The Kier molecular flexibility index (Phi) is 3.08. The van der Waals surface area contributed by atoms with Gasteiger partial charge in [-0.15, -0.1) is 0 Å². The van der Waals surface area contributed by atoms with Crippen LogP contribution in [-0.2, 0) is 5.60 Å². The van der Waals surface area contributed by atoms with Crippen LogP contribution in [0.25, 0.3) is 10.8 Å². The first kappa shape index (κ1) is 12.6. The number of piperidine rings is 1. The molecule has 19 heavy (non-hydrogen) atoms. The van der Waals surface area contributed by atoms with Gasteiger partial charge in [-0.2, -0.15) is 0 Å². The lowest BCUT2D eigenvalue weighted by Crippen LogP contribution is -2.45. The first-order valence-corrected chi connectivity index (χ1v) is 7.00. The summed E-state index contributed by atoms with van der Waals surface area (Å²) in [5.74, 6) is 0. The molecule has 1 fully saturated rings. The van der Waals surface area contributed by atoms with Crippen molar-refractivity contribution in [3.63, 3.8) is 0 Å². The molecule has 0 saturated carbocycles. The number of aliphatic hydroxyl groups is 1. The van der Waals surface area contributed by atoms with Gasteiger partial charge in [0.05, 0.1) is 5.60 Å². The molecule has 1 aliphatic heterocycles. The van der Waals surface area contributed by atoms with Crippen molar-refractivity contribution in [2.45, 2.75) is 31.4 Å². The molecule has 1 N–H and O–H groups in total. The van der Waals surface area contributed by atoms with E-state index in [1.54, 1.807) is 0 Å². The Balaban J connectivity index is 1.99. The van der Waals surface area contributed by atoms with Gasteiger partial charge in [-0.3, -0.25) is 0 Å². The van der Waals surface area contributed by atoms with Crippen LogP contribution >= 0.6 is 0 Å². The van der Waals surface area contributed by atoms with Crippen LogP contribution in [0.5, 0.6) is 0 Å². The molecular weight excluding hydrogens is 234 g/mol. The fourth-order valence-corrected chi connectivity index (χ4v) is 3.07. The average molecular weight is 255 g/mol. The van der Waals surface area contributed by atoms with Gasteiger partial charge >= 0.3 is 0 Å². The van der Waals surface area contributed by atoms with Gasteiger partial charge in [0, 0.05) is 12.6 Å². The third kappa shape index (κ3) is 2.26. The number of hydrogen-bond donors (Lipinski definition) is 1. The van der Waals surface area contributed by atoms with Gasteiger partial charge in [-0.05, 0) is 49.2 Å². The Morgan fingerprint density at radius 2 is 1.89 bits per heavy atom. The minimum absolute atomic E-state index is 0.422.